The predicted molar refractivity (Wildman–Crippen MR) is 69.6 cm³/mol. The van der Waals surface area contributed by atoms with Gasteiger partial charge in [0, 0.05) is 19.1 Å². The van der Waals surface area contributed by atoms with Crippen LogP contribution in [0.3, 0.4) is 0 Å². The van der Waals surface area contributed by atoms with Crippen LogP contribution in [0.25, 0.3) is 0 Å². The molecule has 1 N–H and O–H groups in total. The summed E-state index contributed by atoms with van der Waals surface area (Å²) in [5.74, 6) is 0.822. The zero-order valence-corrected chi connectivity index (χ0v) is 11.3. The Kier molecular flexibility index (Phi) is 3.91. The van der Waals surface area contributed by atoms with Crippen LogP contribution < -0.4 is 5.32 Å². The van der Waals surface area contributed by atoms with Gasteiger partial charge in [0.15, 0.2) is 0 Å². The van der Waals surface area contributed by atoms with Crippen molar-refractivity contribution >= 4 is 0 Å². The molecule has 1 aliphatic heterocycles. The van der Waals surface area contributed by atoms with Gasteiger partial charge in [0.25, 0.3) is 0 Å². The van der Waals surface area contributed by atoms with Gasteiger partial charge in [-0.3, -0.25) is 0 Å². The average Bonchev–Trinajstić information content (AvgIpc) is 2.95. The second-order valence-electron chi connectivity index (χ2n) is 6.37. The maximum absolute atomic E-state index is 3.69. The maximum atomic E-state index is 3.69. The molecule has 2 aliphatic rings. The Balaban J connectivity index is 1.73. The first-order valence-electron chi connectivity index (χ1n) is 7.09. The third-order valence-electron chi connectivity index (χ3n) is 4.35. The molecule has 2 heteroatoms. The fourth-order valence-corrected chi connectivity index (χ4v) is 2.92. The van der Waals surface area contributed by atoms with Crippen LogP contribution in [-0.4, -0.2) is 37.1 Å². The molecule has 94 valence electrons. The maximum Gasteiger partial charge on any atom is 0.0117 e. The highest BCUT2D eigenvalue weighted by atomic mass is 15.2. The van der Waals surface area contributed by atoms with Gasteiger partial charge in [-0.05, 0) is 50.1 Å². The first-order chi connectivity index (χ1) is 7.63. The van der Waals surface area contributed by atoms with Gasteiger partial charge in [-0.25, -0.2) is 0 Å². The van der Waals surface area contributed by atoms with Crippen LogP contribution in [-0.2, 0) is 0 Å². The number of nitrogens with zero attached hydrogens (tertiary/aromatic N) is 1. The van der Waals surface area contributed by atoms with E-state index in [1.165, 1.54) is 51.9 Å². The molecule has 2 unspecified atom stereocenters. The normalized spacial score (nSPS) is 33.9. The van der Waals surface area contributed by atoms with Gasteiger partial charge in [-0.15, -0.1) is 0 Å². The quantitative estimate of drug-likeness (QED) is 0.772. The molecule has 2 rings (SSSR count). The van der Waals surface area contributed by atoms with Gasteiger partial charge in [-0.2, -0.15) is 0 Å². The van der Waals surface area contributed by atoms with Gasteiger partial charge in [0.2, 0.25) is 0 Å². The minimum Gasteiger partial charge on any atom is -0.314 e. The molecule has 1 saturated carbocycles. The molecule has 0 radical (unpaired) electrons. The van der Waals surface area contributed by atoms with E-state index in [0.717, 1.165) is 12.0 Å². The van der Waals surface area contributed by atoms with Crippen molar-refractivity contribution in [1.29, 1.82) is 0 Å². The predicted octanol–water partition coefficient (Wildman–Crippen LogP) is 2.50. The summed E-state index contributed by atoms with van der Waals surface area (Å²) in [4.78, 5) is 2.70. The number of likely N-dealkylation sites (tertiary alicyclic amines) is 1. The summed E-state index contributed by atoms with van der Waals surface area (Å²) in [6, 6.07) is 0.767. The Bertz CT molecular complexity index is 223. The van der Waals surface area contributed by atoms with Gasteiger partial charge >= 0.3 is 0 Å². The summed E-state index contributed by atoms with van der Waals surface area (Å²) in [5.41, 5.74) is 0.684. The van der Waals surface area contributed by atoms with E-state index in [-0.39, 0.29) is 0 Å². The van der Waals surface area contributed by atoms with E-state index in [4.69, 9.17) is 0 Å². The monoisotopic (exact) mass is 224 g/mol. The third kappa shape index (κ3) is 3.21. The molecule has 0 bridgehead atoms. The molecule has 1 saturated heterocycles. The lowest BCUT2D eigenvalue weighted by Gasteiger charge is -2.38. The highest BCUT2D eigenvalue weighted by Gasteiger charge is 2.40. The van der Waals surface area contributed by atoms with Gasteiger partial charge in [-0.1, -0.05) is 20.8 Å². The van der Waals surface area contributed by atoms with Crippen LogP contribution >= 0.6 is 0 Å². The van der Waals surface area contributed by atoms with E-state index in [9.17, 15) is 0 Å². The summed E-state index contributed by atoms with van der Waals surface area (Å²) in [6.07, 6.45) is 5.51. The number of nitrogens with one attached hydrogen (secondary N) is 1. The van der Waals surface area contributed by atoms with Crippen molar-refractivity contribution in [2.45, 2.75) is 52.5 Å². The molecule has 0 amide bonds. The highest BCUT2D eigenvalue weighted by Crippen LogP contribution is 2.45. The topological polar surface area (TPSA) is 15.3 Å². The van der Waals surface area contributed by atoms with Crippen molar-refractivity contribution in [3.63, 3.8) is 0 Å². The summed E-state index contributed by atoms with van der Waals surface area (Å²) < 4.78 is 0. The molecule has 0 spiro atoms. The Hall–Kier alpha value is -0.0800. The van der Waals surface area contributed by atoms with Gasteiger partial charge in [0.1, 0.15) is 0 Å². The van der Waals surface area contributed by atoms with Gasteiger partial charge < -0.3 is 10.2 Å². The molecule has 16 heavy (non-hydrogen) atoms. The van der Waals surface area contributed by atoms with E-state index >= 15 is 0 Å². The van der Waals surface area contributed by atoms with Crippen molar-refractivity contribution in [1.82, 2.24) is 10.2 Å². The number of hydrogen-bond donors (Lipinski definition) is 1. The van der Waals surface area contributed by atoms with Crippen LogP contribution in [0.2, 0.25) is 0 Å². The minimum absolute atomic E-state index is 0.684. The van der Waals surface area contributed by atoms with E-state index in [1.807, 2.05) is 0 Å². The molecular weight excluding hydrogens is 196 g/mol. The van der Waals surface area contributed by atoms with Crippen LogP contribution in [0, 0.1) is 11.3 Å². The van der Waals surface area contributed by atoms with Crippen molar-refractivity contribution in [2.75, 3.05) is 26.2 Å². The molecule has 0 aromatic heterocycles. The lowest BCUT2D eigenvalue weighted by molar-refractivity contribution is 0.127. The second kappa shape index (κ2) is 5.05. The first kappa shape index (κ1) is 12.4. The van der Waals surface area contributed by atoms with Gasteiger partial charge in [0.05, 0.1) is 0 Å². The Morgan fingerprint density at radius 2 is 2.12 bits per heavy atom. The largest absolute Gasteiger partial charge is 0.314 e. The standard InChI is InChI=1S/C14H28N2/c1-4-8-15-13-5-9-16(10-12(13)2)11-14(3)6-7-14/h12-13,15H,4-11H2,1-3H3. The first-order valence-corrected chi connectivity index (χ1v) is 7.09. The van der Waals surface area contributed by atoms with Crippen molar-refractivity contribution in [3.05, 3.63) is 0 Å². The van der Waals surface area contributed by atoms with Crippen LogP contribution in [0.15, 0.2) is 0 Å². The zero-order chi connectivity index (χ0) is 11.6. The summed E-state index contributed by atoms with van der Waals surface area (Å²) in [5, 5.41) is 3.69. The SMILES string of the molecule is CCCNC1CCN(CC2(C)CC2)CC1C. The summed E-state index contributed by atoms with van der Waals surface area (Å²) in [7, 11) is 0. The Labute approximate surface area is 101 Å². The summed E-state index contributed by atoms with van der Waals surface area (Å²) >= 11 is 0. The third-order valence-corrected chi connectivity index (χ3v) is 4.35. The highest BCUT2D eigenvalue weighted by molar-refractivity contribution is 4.93. The van der Waals surface area contributed by atoms with Crippen LogP contribution in [0.1, 0.15) is 46.5 Å². The lowest BCUT2D eigenvalue weighted by atomic mass is 9.92. The number of rotatable bonds is 5. The van der Waals surface area contributed by atoms with Crippen molar-refractivity contribution < 1.29 is 0 Å². The number of piperidine rings is 1. The van der Waals surface area contributed by atoms with E-state index in [2.05, 4.69) is 31.0 Å². The Morgan fingerprint density at radius 3 is 2.69 bits per heavy atom. The fourth-order valence-electron chi connectivity index (χ4n) is 2.92. The average molecular weight is 224 g/mol. The molecule has 1 heterocycles. The lowest BCUT2D eigenvalue weighted by Crippen LogP contribution is -2.49. The molecule has 0 aromatic carbocycles. The molecule has 0 aromatic rings. The fraction of sp³-hybridized carbons (Fsp3) is 1.00. The number of hydrogen-bond acceptors (Lipinski definition) is 2. The van der Waals surface area contributed by atoms with E-state index in [0.29, 0.717) is 5.41 Å². The molecule has 1 aliphatic carbocycles. The zero-order valence-electron chi connectivity index (χ0n) is 11.3. The van der Waals surface area contributed by atoms with E-state index < -0.39 is 0 Å². The molecule has 2 fully saturated rings. The molecular formula is C14H28N2. The molecule has 2 nitrogen and oxygen atoms in total. The van der Waals surface area contributed by atoms with Crippen molar-refractivity contribution in [3.8, 4) is 0 Å². The van der Waals surface area contributed by atoms with Crippen LogP contribution in [0.4, 0.5) is 0 Å². The minimum atomic E-state index is 0.684. The molecule has 2 atom stereocenters. The smallest absolute Gasteiger partial charge is 0.0117 e. The second-order valence-corrected chi connectivity index (χ2v) is 6.37. The van der Waals surface area contributed by atoms with Crippen LogP contribution in [0.5, 0.6) is 0 Å². The summed E-state index contributed by atoms with van der Waals surface area (Å²) in [6.45, 7) is 12.2. The van der Waals surface area contributed by atoms with Crippen molar-refractivity contribution in [2.24, 2.45) is 11.3 Å². The Morgan fingerprint density at radius 1 is 1.38 bits per heavy atom. The van der Waals surface area contributed by atoms with E-state index in [1.54, 1.807) is 0 Å².